The van der Waals surface area contributed by atoms with Gasteiger partial charge in [-0.2, -0.15) is 0 Å². The van der Waals surface area contributed by atoms with E-state index in [0.29, 0.717) is 26.1 Å². The third kappa shape index (κ3) is 5.76. The molecule has 20 heavy (non-hydrogen) atoms. The summed E-state index contributed by atoms with van der Waals surface area (Å²) in [4.78, 5) is 14.2. The molecule has 7 heteroatoms. The lowest BCUT2D eigenvalue weighted by Crippen LogP contribution is -2.53. The fourth-order valence-corrected chi connectivity index (χ4v) is 3.03. The number of hydrogen-bond acceptors (Lipinski definition) is 4. The smallest absolute Gasteiger partial charge is 0.240 e. The first-order valence-corrected chi connectivity index (χ1v) is 8.99. The van der Waals surface area contributed by atoms with Crippen LogP contribution in [0.2, 0.25) is 0 Å². The molecule has 0 unspecified atom stereocenters. The van der Waals surface area contributed by atoms with Crippen molar-refractivity contribution in [2.24, 2.45) is 5.92 Å². The maximum atomic E-state index is 12.5. The van der Waals surface area contributed by atoms with Gasteiger partial charge < -0.3 is 9.64 Å². The van der Waals surface area contributed by atoms with E-state index < -0.39 is 16.1 Å². The van der Waals surface area contributed by atoms with E-state index in [1.807, 2.05) is 20.8 Å². The minimum Gasteiger partial charge on any atom is -0.375 e. The van der Waals surface area contributed by atoms with Crippen LogP contribution in [0.25, 0.3) is 0 Å². The summed E-state index contributed by atoms with van der Waals surface area (Å²) in [6.45, 7) is 7.53. The lowest BCUT2D eigenvalue weighted by atomic mass is 10.0. The second-order valence-electron chi connectivity index (χ2n) is 5.76. The molecule has 1 amide bonds. The monoisotopic (exact) mass is 306 g/mol. The predicted molar refractivity (Wildman–Crippen MR) is 77.8 cm³/mol. The van der Waals surface area contributed by atoms with E-state index in [1.165, 1.54) is 0 Å². The summed E-state index contributed by atoms with van der Waals surface area (Å²) in [5.74, 6) is 0.0899. The van der Waals surface area contributed by atoms with Crippen molar-refractivity contribution in [1.82, 2.24) is 9.62 Å². The molecule has 0 radical (unpaired) electrons. The van der Waals surface area contributed by atoms with Crippen molar-refractivity contribution in [3.05, 3.63) is 0 Å². The Balaban J connectivity index is 2.76. The van der Waals surface area contributed by atoms with Crippen LogP contribution in [0, 0.1) is 5.92 Å². The van der Waals surface area contributed by atoms with Crippen molar-refractivity contribution in [1.29, 1.82) is 0 Å². The van der Waals surface area contributed by atoms with Crippen molar-refractivity contribution in [2.75, 3.05) is 26.0 Å². The first kappa shape index (κ1) is 17.4. The van der Waals surface area contributed by atoms with Crippen LogP contribution in [-0.4, -0.2) is 57.3 Å². The average Bonchev–Trinajstić information content (AvgIpc) is 2.35. The number of rotatable bonds is 6. The summed E-state index contributed by atoms with van der Waals surface area (Å²) < 4.78 is 30.8. The number of morpholine rings is 1. The molecule has 6 nitrogen and oxygen atoms in total. The average molecular weight is 306 g/mol. The van der Waals surface area contributed by atoms with Gasteiger partial charge in [0, 0.05) is 13.1 Å². The minimum absolute atomic E-state index is 0.0469. The fraction of sp³-hybridized carbons (Fsp3) is 0.923. The molecule has 0 aromatic heterocycles. The second kappa shape index (κ2) is 7.38. The SMILES string of the molecule is CC[C@H]1CN(C(=O)[C@H](CC(C)C)NS(C)(=O)=O)CCO1. The van der Waals surface area contributed by atoms with Gasteiger partial charge in [-0.25, -0.2) is 13.1 Å². The predicted octanol–water partition coefficient (Wildman–Crippen LogP) is 0.588. The Morgan fingerprint density at radius 2 is 2.10 bits per heavy atom. The number of carbonyl (C=O) groups is 1. The summed E-state index contributed by atoms with van der Waals surface area (Å²) in [6, 6.07) is -0.680. The number of hydrogen-bond donors (Lipinski definition) is 1. The van der Waals surface area contributed by atoms with Gasteiger partial charge in [0.05, 0.1) is 19.0 Å². The van der Waals surface area contributed by atoms with Gasteiger partial charge in [-0.15, -0.1) is 0 Å². The van der Waals surface area contributed by atoms with Gasteiger partial charge in [-0.3, -0.25) is 4.79 Å². The highest BCUT2D eigenvalue weighted by Gasteiger charge is 2.30. The summed E-state index contributed by atoms with van der Waals surface area (Å²) >= 11 is 0. The molecule has 1 rings (SSSR count). The van der Waals surface area contributed by atoms with Crippen LogP contribution in [0.3, 0.4) is 0 Å². The maximum Gasteiger partial charge on any atom is 0.240 e. The van der Waals surface area contributed by atoms with Gasteiger partial charge in [-0.1, -0.05) is 20.8 Å². The van der Waals surface area contributed by atoms with E-state index in [4.69, 9.17) is 4.74 Å². The zero-order chi connectivity index (χ0) is 15.3. The molecule has 0 spiro atoms. The van der Waals surface area contributed by atoms with E-state index in [2.05, 4.69) is 4.72 Å². The molecule has 1 aliphatic rings. The zero-order valence-electron chi connectivity index (χ0n) is 12.8. The summed E-state index contributed by atoms with van der Waals surface area (Å²) in [5.41, 5.74) is 0. The summed E-state index contributed by atoms with van der Waals surface area (Å²) in [7, 11) is -3.40. The van der Waals surface area contributed by atoms with Crippen LogP contribution < -0.4 is 4.72 Å². The lowest BCUT2D eigenvalue weighted by Gasteiger charge is -2.35. The van der Waals surface area contributed by atoms with Crippen LogP contribution in [0.1, 0.15) is 33.6 Å². The van der Waals surface area contributed by atoms with E-state index >= 15 is 0 Å². The third-order valence-corrected chi connectivity index (χ3v) is 3.98. The number of ether oxygens (including phenoxy) is 1. The molecule has 0 aromatic carbocycles. The molecule has 118 valence electrons. The molecule has 2 atom stereocenters. The van der Waals surface area contributed by atoms with Gasteiger partial charge in [0.25, 0.3) is 0 Å². The molecule has 0 aromatic rings. The number of nitrogens with one attached hydrogen (secondary N) is 1. The standard InChI is InChI=1S/C13H26N2O4S/c1-5-11-9-15(6-7-19-11)13(16)12(8-10(2)3)14-20(4,17)18/h10-12,14H,5-9H2,1-4H3/t11-,12-/m0/s1. The molecular formula is C13H26N2O4S. The molecule has 0 aliphatic carbocycles. The molecule has 1 N–H and O–H groups in total. The van der Waals surface area contributed by atoms with Gasteiger partial charge in [0.15, 0.2) is 0 Å². The lowest BCUT2D eigenvalue weighted by molar-refractivity contribution is -0.141. The molecule has 1 fully saturated rings. The number of sulfonamides is 1. The highest BCUT2D eigenvalue weighted by molar-refractivity contribution is 7.88. The minimum atomic E-state index is -3.40. The van der Waals surface area contributed by atoms with Crippen LogP contribution in [0.5, 0.6) is 0 Å². The molecule has 1 saturated heterocycles. The van der Waals surface area contributed by atoms with E-state index in [9.17, 15) is 13.2 Å². The Morgan fingerprint density at radius 3 is 2.60 bits per heavy atom. The number of carbonyl (C=O) groups excluding carboxylic acids is 1. The number of amides is 1. The largest absolute Gasteiger partial charge is 0.375 e. The van der Waals surface area contributed by atoms with Crippen molar-refractivity contribution in [2.45, 2.75) is 45.8 Å². The Bertz CT molecular complexity index is 422. The molecule has 1 aliphatic heterocycles. The molecular weight excluding hydrogens is 280 g/mol. The van der Waals surface area contributed by atoms with Crippen LogP contribution in [-0.2, 0) is 19.6 Å². The number of nitrogens with zero attached hydrogens (tertiary/aromatic N) is 1. The van der Waals surface area contributed by atoms with Crippen molar-refractivity contribution < 1.29 is 17.9 Å². The van der Waals surface area contributed by atoms with Gasteiger partial charge in [0.2, 0.25) is 15.9 Å². The molecule has 0 bridgehead atoms. The normalized spacial score (nSPS) is 22.1. The topological polar surface area (TPSA) is 75.7 Å². The van der Waals surface area contributed by atoms with Gasteiger partial charge >= 0.3 is 0 Å². The summed E-state index contributed by atoms with van der Waals surface area (Å²) in [5, 5.41) is 0. The highest BCUT2D eigenvalue weighted by atomic mass is 32.2. The Labute approximate surface area is 121 Å². The van der Waals surface area contributed by atoms with Crippen molar-refractivity contribution in [3.63, 3.8) is 0 Å². The van der Waals surface area contributed by atoms with Crippen molar-refractivity contribution in [3.8, 4) is 0 Å². The van der Waals surface area contributed by atoms with Gasteiger partial charge in [-0.05, 0) is 18.8 Å². The van der Waals surface area contributed by atoms with E-state index in [0.717, 1.165) is 12.7 Å². The van der Waals surface area contributed by atoms with Crippen LogP contribution >= 0.6 is 0 Å². The quantitative estimate of drug-likeness (QED) is 0.779. The third-order valence-electron chi connectivity index (χ3n) is 3.27. The first-order valence-electron chi connectivity index (χ1n) is 7.10. The summed E-state index contributed by atoms with van der Waals surface area (Å²) in [6.07, 6.45) is 2.48. The Morgan fingerprint density at radius 1 is 1.45 bits per heavy atom. The van der Waals surface area contributed by atoms with Crippen LogP contribution in [0.15, 0.2) is 0 Å². The molecule has 0 saturated carbocycles. The zero-order valence-corrected chi connectivity index (χ0v) is 13.6. The fourth-order valence-electron chi connectivity index (χ4n) is 2.32. The Kier molecular flexibility index (Phi) is 6.42. The van der Waals surface area contributed by atoms with Gasteiger partial charge in [0.1, 0.15) is 6.04 Å². The second-order valence-corrected chi connectivity index (χ2v) is 7.54. The van der Waals surface area contributed by atoms with Crippen LogP contribution in [0.4, 0.5) is 0 Å². The van der Waals surface area contributed by atoms with E-state index in [-0.39, 0.29) is 17.9 Å². The highest BCUT2D eigenvalue weighted by Crippen LogP contribution is 2.13. The first-order chi connectivity index (χ1) is 9.23. The van der Waals surface area contributed by atoms with E-state index in [1.54, 1.807) is 4.90 Å². The van der Waals surface area contributed by atoms with Crippen molar-refractivity contribution >= 4 is 15.9 Å². The Hall–Kier alpha value is -0.660. The molecule has 1 heterocycles. The maximum absolute atomic E-state index is 12.5.